The van der Waals surface area contributed by atoms with Crippen molar-refractivity contribution in [2.24, 2.45) is 0 Å². The van der Waals surface area contributed by atoms with Crippen LogP contribution in [0.2, 0.25) is 0 Å². The monoisotopic (exact) mass is 394 g/mol. The lowest BCUT2D eigenvalue weighted by Gasteiger charge is -2.23. The smallest absolute Gasteiger partial charge is 0.303 e. The number of carbonyl (C=O) groups is 3. The lowest BCUT2D eigenvalue weighted by molar-refractivity contribution is -0.166. The van der Waals surface area contributed by atoms with E-state index in [0.29, 0.717) is 0 Å². The van der Waals surface area contributed by atoms with Gasteiger partial charge in [-0.3, -0.25) is 23.7 Å². The van der Waals surface area contributed by atoms with Crippen molar-refractivity contribution in [1.29, 1.82) is 0 Å². The van der Waals surface area contributed by atoms with E-state index in [2.05, 4.69) is 15.0 Å². The summed E-state index contributed by atoms with van der Waals surface area (Å²) in [5, 5.41) is 0. The van der Waals surface area contributed by atoms with E-state index in [1.165, 1.54) is 38.0 Å². The quantitative estimate of drug-likeness (QED) is 0.516. The maximum Gasteiger partial charge on any atom is 0.303 e. The van der Waals surface area contributed by atoms with Gasteiger partial charge in [0.15, 0.2) is 29.6 Å². The van der Waals surface area contributed by atoms with E-state index >= 15 is 0 Å². The number of hydrogen-bond acceptors (Lipinski definition) is 10. The molecule has 0 amide bonds. The first-order chi connectivity index (χ1) is 13.3. The van der Waals surface area contributed by atoms with Gasteiger partial charge in [0.2, 0.25) is 0 Å². The highest BCUT2D eigenvalue weighted by molar-refractivity contribution is 5.70. The Hall–Kier alpha value is -3.28. The number of ether oxygens (including phenoxy) is 4. The van der Waals surface area contributed by atoms with E-state index in [1.54, 1.807) is 0 Å². The Morgan fingerprint density at radius 2 is 1.79 bits per heavy atom. The van der Waals surface area contributed by atoms with Crippen molar-refractivity contribution >= 4 is 29.1 Å². The molecule has 1 aliphatic rings. The number of aromatic nitrogens is 4. The zero-order chi connectivity index (χ0) is 20.4. The number of fused-ring (bicyclic) bond motifs is 1. The van der Waals surface area contributed by atoms with Crippen molar-refractivity contribution in [2.75, 3.05) is 6.61 Å². The summed E-state index contributed by atoms with van der Waals surface area (Å²) >= 11 is 0. The van der Waals surface area contributed by atoms with Gasteiger partial charge in [-0.1, -0.05) is 0 Å². The Balaban J connectivity index is 2.03. The molecule has 3 rings (SSSR count). The third kappa shape index (κ3) is 3.86. The fraction of sp³-hybridized carbons (Fsp3) is 0.500. The predicted octanol–water partition coefficient (Wildman–Crippen LogP) is -0.556. The second-order valence-electron chi connectivity index (χ2n) is 6.07. The van der Waals surface area contributed by atoms with Gasteiger partial charge in [0.1, 0.15) is 19.0 Å². The van der Waals surface area contributed by atoms with Gasteiger partial charge in [0.25, 0.3) is 5.56 Å². The van der Waals surface area contributed by atoms with E-state index in [0.717, 1.165) is 0 Å². The minimum Gasteiger partial charge on any atom is -0.463 e. The van der Waals surface area contributed by atoms with Gasteiger partial charge in [-0.2, -0.15) is 0 Å². The molecule has 2 aromatic heterocycles. The second-order valence-corrected chi connectivity index (χ2v) is 6.07. The Morgan fingerprint density at radius 3 is 2.43 bits per heavy atom. The summed E-state index contributed by atoms with van der Waals surface area (Å²) in [4.78, 5) is 57.0. The SMILES string of the molecule is CC(=O)OCC1OC(n2cnc3nc[nH]c(=O)c32)C(OC(C)=O)C1OC(C)=O. The van der Waals surface area contributed by atoms with Gasteiger partial charge >= 0.3 is 17.9 Å². The summed E-state index contributed by atoms with van der Waals surface area (Å²) < 4.78 is 22.8. The van der Waals surface area contributed by atoms with E-state index in [4.69, 9.17) is 18.9 Å². The molecule has 2 aromatic rings. The number of hydrogen-bond donors (Lipinski definition) is 1. The number of rotatable bonds is 5. The molecule has 0 aliphatic carbocycles. The first kappa shape index (κ1) is 19.5. The topological polar surface area (TPSA) is 152 Å². The molecular formula is C16H18N4O8. The third-order valence-corrected chi connectivity index (χ3v) is 3.99. The number of imidazole rings is 1. The van der Waals surface area contributed by atoms with Gasteiger partial charge in [-0.05, 0) is 0 Å². The molecule has 150 valence electrons. The van der Waals surface area contributed by atoms with Crippen LogP contribution >= 0.6 is 0 Å². The third-order valence-electron chi connectivity index (χ3n) is 3.99. The van der Waals surface area contributed by atoms with Crippen LogP contribution < -0.4 is 5.56 Å². The molecule has 12 heteroatoms. The molecule has 4 atom stereocenters. The minimum absolute atomic E-state index is 0.0827. The maximum absolute atomic E-state index is 12.2. The van der Waals surface area contributed by atoms with Crippen molar-refractivity contribution in [3.8, 4) is 0 Å². The fourth-order valence-electron chi connectivity index (χ4n) is 2.99. The fourth-order valence-corrected chi connectivity index (χ4v) is 2.99. The highest BCUT2D eigenvalue weighted by atomic mass is 16.7. The largest absolute Gasteiger partial charge is 0.463 e. The molecule has 0 aromatic carbocycles. The van der Waals surface area contributed by atoms with Gasteiger partial charge in [-0.25, -0.2) is 9.97 Å². The zero-order valence-electron chi connectivity index (χ0n) is 15.3. The molecule has 28 heavy (non-hydrogen) atoms. The number of aromatic amines is 1. The summed E-state index contributed by atoms with van der Waals surface area (Å²) in [6, 6.07) is 0. The summed E-state index contributed by atoms with van der Waals surface area (Å²) in [5.41, 5.74) is -0.249. The standard InChI is InChI=1S/C16H18N4O8/c1-7(21)25-4-10-12(26-8(2)22)13(27-9(3)23)16(28-10)20-6-19-14-11(20)15(24)18-5-17-14/h5-6,10,12-13,16H,4H2,1-3H3,(H,17,18,24). The molecule has 1 saturated heterocycles. The van der Waals surface area contributed by atoms with Gasteiger partial charge < -0.3 is 23.9 Å². The van der Waals surface area contributed by atoms with Crippen LogP contribution in [-0.4, -0.2) is 62.3 Å². The summed E-state index contributed by atoms with van der Waals surface area (Å²) in [6.07, 6.45) is -1.68. The summed E-state index contributed by atoms with van der Waals surface area (Å²) in [6.45, 7) is 3.33. The molecule has 0 saturated carbocycles. The van der Waals surface area contributed by atoms with Crippen LogP contribution in [0.3, 0.4) is 0 Å². The molecular weight excluding hydrogens is 376 g/mol. The van der Waals surface area contributed by atoms with Crippen LogP contribution in [0.25, 0.3) is 11.2 Å². The molecule has 1 N–H and O–H groups in total. The normalized spacial score (nSPS) is 24.1. The van der Waals surface area contributed by atoms with E-state index in [1.807, 2.05) is 0 Å². The Morgan fingerprint density at radius 1 is 1.11 bits per heavy atom. The number of nitrogens with zero attached hydrogens (tertiary/aromatic N) is 3. The Labute approximate surface area is 157 Å². The average Bonchev–Trinajstić information content (AvgIpc) is 3.16. The predicted molar refractivity (Wildman–Crippen MR) is 89.8 cm³/mol. The molecule has 1 fully saturated rings. The van der Waals surface area contributed by atoms with Crippen molar-refractivity contribution < 1.29 is 33.3 Å². The van der Waals surface area contributed by atoms with Crippen LogP contribution in [0.4, 0.5) is 0 Å². The van der Waals surface area contributed by atoms with E-state index in [9.17, 15) is 19.2 Å². The molecule has 12 nitrogen and oxygen atoms in total. The Bertz CT molecular complexity index is 967. The van der Waals surface area contributed by atoms with Gasteiger partial charge in [-0.15, -0.1) is 0 Å². The van der Waals surface area contributed by atoms with Crippen molar-refractivity contribution in [3.05, 3.63) is 23.0 Å². The average molecular weight is 394 g/mol. The van der Waals surface area contributed by atoms with E-state index < -0.39 is 48.0 Å². The molecule has 3 heterocycles. The lowest BCUT2D eigenvalue weighted by atomic mass is 10.1. The number of esters is 3. The maximum atomic E-state index is 12.2. The lowest BCUT2D eigenvalue weighted by Crippen LogP contribution is -2.40. The van der Waals surface area contributed by atoms with Crippen LogP contribution in [0, 0.1) is 0 Å². The first-order valence-electron chi connectivity index (χ1n) is 8.31. The van der Waals surface area contributed by atoms with Gasteiger partial charge in [0, 0.05) is 20.8 Å². The van der Waals surface area contributed by atoms with Crippen molar-refractivity contribution in [2.45, 2.75) is 45.3 Å². The molecule has 4 unspecified atom stereocenters. The van der Waals surface area contributed by atoms with Gasteiger partial charge in [0.05, 0.1) is 6.33 Å². The summed E-state index contributed by atoms with van der Waals surface area (Å²) in [7, 11) is 0. The number of carbonyl (C=O) groups excluding carboxylic acids is 3. The van der Waals surface area contributed by atoms with E-state index in [-0.39, 0.29) is 17.8 Å². The number of nitrogens with one attached hydrogen (secondary N) is 1. The first-order valence-corrected chi connectivity index (χ1v) is 8.31. The minimum atomic E-state index is -1.11. The Kier molecular flexibility index (Phi) is 5.40. The molecule has 0 spiro atoms. The molecule has 0 bridgehead atoms. The number of H-pyrrole nitrogens is 1. The summed E-state index contributed by atoms with van der Waals surface area (Å²) in [5.74, 6) is -1.86. The molecule has 1 aliphatic heterocycles. The zero-order valence-corrected chi connectivity index (χ0v) is 15.3. The second kappa shape index (κ2) is 7.76. The van der Waals surface area contributed by atoms with Crippen molar-refractivity contribution in [3.63, 3.8) is 0 Å². The highest BCUT2D eigenvalue weighted by Crippen LogP contribution is 2.35. The molecule has 0 radical (unpaired) electrons. The highest BCUT2D eigenvalue weighted by Gasteiger charge is 2.51. The van der Waals surface area contributed by atoms with Crippen LogP contribution in [0.1, 0.15) is 27.0 Å². The van der Waals surface area contributed by atoms with Crippen LogP contribution in [0.5, 0.6) is 0 Å². The van der Waals surface area contributed by atoms with Crippen LogP contribution in [0.15, 0.2) is 17.4 Å². The van der Waals surface area contributed by atoms with Crippen LogP contribution in [-0.2, 0) is 33.3 Å². The van der Waals surface area contributed by atoms with Crippen molar-refractivity contribution in [1.82, 2.24) is 19.5 Å².